The third-order valence-electron chi connectivity index (χ3n) is 2.67. The van der Waals surface area contributed by atoms with Crippen molar-refractivity contribution in [2.45, 2.75) is 6.54 Å². The number of nitrogens with zero attached hydrogens (tertiary/aromatic N) is 1. The Kier molecular flexibility index (Phi) is 1.42. The van der Waals surface area contributed by atoms with Crippen LogP contribution in [0.5, 0.6) is 0 Å². The molecule has 0 atom stereocenters. The van der Waals surface area contributed by atoms with Gasteiger partial charge >= 0.3 is 0 Å². The molecule has 0 fully saturated rings. The average molecular weight is 186 g/mol. The number of aromatic nitrogens is 1. The second kappa shape index (κ2) is 2.61. The summed E-state index contributed by atoms with van der Waals surface area (Å²) in [6.45, 7) is 1.56. The van der Waals surface area contributed by atoms with Crippen LogP contribution in [0, 0.1) is 0 Å². The molecule has 0 bridgehead atoms. The molecule has 70 valence electrons. The Bertz CT molecular complexity index is 513. The van der Waals surface area contributed by atoms with Crippen molar-refractivity contribution in [3.05, 3.63) is 36.0 Å². The number of hydrogen-bond donors (Lipinski definition) is 1. The monoisotopic (exact) mass is 186 g/mol. The molecule has 1 aliphatic heterocycles. The molecule has 0 aliphatic carbocycles. The number of amides is 1. The minimum absolute atomic E-state index is 0.0352. The summed E-state index contributed by atoms with van der Waals surface area (Å²) >= 11 is 0. The molecule has 2 aromatic rings. The van der Waals surface area contributed by atoms with Crippen LogP contribution in [0.2, 0.25) is 0 Å². The highest BCUT2D eigenvalue weighted by molar-refractivity contribution is 6.06. The van der Waals surface area contributed by atoms with Crippen molar-refractivity contribution in [3.8, 4) is 0 Å². The van der Waals surface area contributed by atoms with E-state index in [1.54, 1.807) is 0 Å². The van der Waals surface area contributed by atoms with E-state index in [4.69, 9.17) is 0 Å². The summed E-state index contributed by atoms with van der Waals surface area (Å²) in [7, 11) is 0. The highest BCUT2D eigenvalue weighted by Gasteiger charge is 2.15. The van der Waals surface area contributed by atoms with Gasteiger partial charge in [0, 0.05) is 24.7 Å². The largest absolute Gasteiger partial charge is 0.350 e. The van der Waals surface area contributed by atoms with Crippen LogP contribution < -0.4 is 5.32 Å². The van der Waals surface area contributed by atoms with Gasteiger partial charge in [0.05, 0.1) is 11.1 Å². The van der Waals surface area contributed by atoms with Gasteiger partial charge in [-0.2, -0.15) is 0 Å². The van der Waals surface area contributed by atoms with Crippen LogP contribution in [0.15, 0.2) is 30.5 Å². The zero-order valence-corrected chi connectivity index (χ0v) is 7.66. The smallest absolute Gasteiger partial charge is 0.253 e. The van der Waals surface area contributed by atoms with E-state index in [-0.39, 0.29) is 5.91 Å². The van der Waals surface area contributed by atoms with Crippen LogP contribution in [-0.2, 0) is 6.54 Å². The molecule has 1 amide bonds. The quantitative estimate of drug-likeness (QED) is 0.662. The summed E-state index contributed by atoms with van der Waals surface area (Å²) in [4.78, 5) is 11.7. The molecule has 0 saturated heterocycles. The summed E-state index contributed by atoms with van der Waals surface area (Å²) in [6, 6.07) is 7.89. The second-order valence-electron chi connectivity index (χ2n) is 3.51. The van der Waals surface area contributed by atoms with Crippen molar-refractivity contribution in [2.75, 3.05) is 6.54 Å². The predicted molar refractivity (Wildman–Crippen MR) is 54.3 cm³/mol. The lowest BCUT2D eigenvalue weighted by atomic mass is 10.1. The molecule has 3 heteroatoms. The van der Waals surface area contributed by atoms with Crippen LogP contribution in [0.4, 0.5) is 0 Å². The van der Waals surface area contributed by atoms with E-state index in [2.05, 4.69) is 16.0 Å². The van der Waals surface area contributed by atoms with Gasteiger partial charge < -0.3 is 9.88 Å². The SMILES string of the molecule is O=C1NCCn2ccc3cccc1c32. The third kappa shape index (κ3) is 0.894. The number of para-hydroxylation sites is 1. The Morgan fingerprint density at radius 2 is 2.21 bits per heavy atom. The first-order valence-corrected chi connectivity index (χ1v) is 4.72. The van der Waals surface area contributed by atoms with Crippen molar-refractivity contribution in [1.29, 1.82) is 0 Å². The summed E-state index contributed by atoms with van der Waals surface area (Å²) in [5, 5.41) is 4.02. The van der Waals surface area contributed by atoms with E-state index in [1.165, 1.54) is 0 Å². The molecular weight excluding hydrogens is 176 g/mol. The molecule has 0 spiro atoms. The Morgan fingerprint density at radius 3 is 3.14 bits per heavy atom. The van der Waals surface area contributed by atoms with Crippen LogP contribution in [0.3, 0.4) is 0 Å². The molecule has 0 saturated carbocycles. The number of benzene rings is 1. The fraction of sp³-hybridized carbons (Fsp3) is 0.182. The first-order valence-electron chi connectivity index (χ1n) is 4.72. The molecule has 0 radical (unpaired) electrons. The van der Waals surface area contributed by atoms with Crippen molar-refractivity contribution in [1.82, 2.24) is 9.88 Å². The van der Waals surface area contributed by atoms with Crippen LogP contribution in [-0.4, -0.2) is 17.0 Å². The predicted octanol–water partition coefficient (Wildman–Crippen LogP) is 1.38. The standard InChI is InChI=1S/C11H10N2O/c14-11-9-3-1-2-8-4-6-13(10(8)9)7-5-12-11/h1-4,6H,5,7H2,(H,12,14). The summed E-state index contributed by atoms with van der Waals surface area (Å²) in [6.07, 6.45) is 2.04. The first-order chi connectivity index (χ1) is 6.86. The average Bonchev–Trinajstić information content (AvgIpc) is 2.53. The van der Waals surface area contributed by atoms with Crippen LogP contribution in [0.1, 0.15) is 10.4 Å². The number of carbonyl (C=O) groups excluding carboxylic acids is 1. The molecule has 14 heavy (non-hydrogen) atoms. The molecule has 1 N–H and O–H groups in total. The van der Waals surface area contributed by atoms with Crippen molar-refractivity contribution >= 4 is 16.8 Å². The number of hydrogen-bond acceptors (Lipinski definition) is 1. The molecule has 3 rings (SSSR count). The van der Waals surface area contributed by atoms with Gasteiger partial charge in [-0.1, -0.05) is 12.1 Å². The van der Waals surface area contributed by atoms with Gasteiger partial charge in [0.2, 0.25) is 0 Å². The van der Waals surface area contributed by atoms with E-state index in [9.17, 15) is 4.79 Å². The van der Waals surface area contributed by atoms with Gasteiger partial charge in [0.15, 0.2) is 0 Å². The highest BCUT2D eigenvalue weighted by atomic mass is 16.1. The lowest BCUT2D eigenvalue weighted by Crippen LogP contribution is -2.23. The molecule has 2 heterocycles. The summed E-state index contributed by atoms with van der Waals surface area (Å²) in [5.74, 6) is 0.0352. The van der Waals surface area contributed by atoms with Crippen molar-refractivity contribution < 1.29 is 4.79 Å². The maximum atomic E-state index is 11.7. The lowest BCUT2D eigenvalue weighted by molar-refractivity contribution is 0.0957. The topological polar surface area (TPSA) is 34.0 Å². The van der Waals surface area contributed by atoms with Crippen LogP contribution >= 0.6 is 0 Å². The minimum atomic E-state index is 0.0352. The molecular formula is C11H10N2O. The first kappa shape index (κ1) is 7.62. The minimum Gasteiger partial charge on any atom is -0.350 e. The van der Waals surface area contributed by atoms with Gasteiger partial charge in [-0.3, -0.25) is 4.79 Å². The van der Waals surface area contributed by atoms with E-state index in [0.717, 1.165) is 23.0 Å². The molecule has 0 unspecified atom stereocenters. The van der Waals surface area contributed by atoms with Gasteiger partial charge in [0.25, 0.3) is 5.91 Å². The molecule has 1 aromatic carbocycles. The Morgan fingerprint density at radius 1 is 1.29 bits per heavy atom. The number of carbonyl (C=O) groups is 1. The van der Waals surface area contributed by atoms with Crippen LogP contribution in [0.25, 0.3) is 10.9 Å². The normalized spacial score (nSPS) is 15.3. The zero-order valence-electron chi connectivity index (χ0n) is 7.66. The summed E-state index contributed by atoms with van der Waals surface area (Å²) < 4.78 is 2.13. The third-order valence-corrected chi connectivity index (χ3v) is 2.67. The molecule has 1 aromatic heterocycles. The maximum absolute atomic E-state index is 11.7. The second-order valence-corrected chi connectivity index (χ2v) is 3.51. The van der Waals surface area contributed by atoms with E-state index < -0.39 is 0 Å². The fourth-order valence-electron chi connectivity index (χ4n) is 2.02. The van der Waals surface area contributed by atoms with Gasteiger partial charge in [0.1, 0.15) is 0 Å². The Labute approximate surface area is 81.3 Å². The molecule has 1 aliphatic rings. The summed E-state index contributed by atoms with van der Waals surface area (Å²) in [5.41, 5.74) is 1.84. The maximum Gasteiger partial charge on any atom is 0.253 e. The highest BCUT2D eigenvalue weighted by Crippen LogP contribution is 2.21. The van der Waals surface area contributed by atoms with Crippen molar-refractivity contribution in [2.24, 2.45) is 0 Å². The van der Waals surface area contributed by atoms with Gasteiger partial charge in [-0.25, -0.2) is 0 Å². The Balaban J connectivity index is 2.44. The van der Waals surface area contributed by atoms with Gasteiger partial charge in [-0.15, -0.1) is 0 Å². The number of rotatable bonds is 0. The van der Waals surface area contributed by atoms with E-state index in [1.807, 2.05) is 24.4 Å². The van der Waals surface area contributed by atoms with E-state index in [0.29, 0.717) is 6.54 Å². The lowest BCUT2D eigenvalue weighted by Gasteiger charge is -2.01. The van der Waals surface area contributed by atoms with Crippen molar-refractivity contribution in [3.63, 3.8) is 0 Å². The van der Waals surface area contributed by atoms with E-state index >= 15 is 0 Å². The number of nitrogens with one attached hydrogen (secondary N) is 1. The van der Waals surface area contributed by atoms with Gasteiger partial charge in [-0.05, 0) is 12.1 Å². The zero-order chi connectivity index (χ0) is 9.54. The Hall–Kier alpha value is -1.77. The molecule has 3 nitrogen and oxygen atoms in total. The fourth-order valence-corrected chi connectivity index (χ4v) is 2.02.